The number of aromatic amines is 1. The van der Waals surface area contributed by atoms with Crippen molar-refractivity contribution in [3.05, 3.63) is 76.2 Å². The minimum Gasteiger partial charge on any atom is -0.365 e. The standard InChI is InChI=1S/C17H14ClN5O/c18-12-5-3-4-11(8-12)9-14-15(16(19)24)17(23-22-14)21-10-13-6-1-2-7-20-13/h1-8,10H,9H2,(H2,19,24)(H,22,23). The lowest BCUT2D eigenvalue weighted by Gasteiger charge is -2.02. The molecule has 3 rings (SSSR count). The van der Waals surface area contributed by atoms with Gasteiger partial charge < -0.3 is 5.73 Å². The van der Waals surface area contributed by atoms with Crippen LogP contribution >= 0.6 is 11.6 Å². The zero-order chi connectivity index (χ0) is 16.9. The Balaban J connectivity index is 1.90. The van der Waals surface area contributed by atoms with E-state index in [0.29, 0.717) is 22.8 Å². The van der Waals surface area contributed by atoms with Crippen LogP contribution < -0.4 is 5.73 Å². The van der Waals surface area contributed by atoms with Crippen LogP contribution in [0.25, 0.3) is 0 Å². The van der Waals surface area contributed by atoms with Crippen LogP contribution in [-0.4, -0.2) is 27.3 Å². The van der Waals surface area contributed by atoms with E-state index in [0.717, 1.165) is 5.56 Å². The molecule has 0 saturated heterocycles. The molecule has 0 unspecified atom stereocenters. The fourth-order valence-electron chi connectivity index (χ4n) is 2.28. The first kappa shape index (κ1) is 15.9. The number of aromatic nitrogens is 3. The molecule has 3 N–H and O–H groups in total. The number of hydrogen-bond donors (Lipinski definition) is 2. The summed E-state index contributed by atoms with van der Waals surface area (Å²) in [5.74, 6) is -0.348. The molecule has 120 valence electrons. The van der Waals surface area contributed by atoms with E-state index in [1.54, 1.807) is 18.3 Å². The molecule has 0 bridgehead atoms. The van der Waals surface area contributed by atoms with Gasteiger partial charge in [-0.15, -0.1) is 0 Å². The third kappa shape index (κ3) is 3.67. The Hall–Kier alpha value is -2.99. The van der Waals surface area contributed by atoms with Gasteiger partial charge in [0.15, 0.2) is 5.82 Å². The number of carbonyl (C=O) groups excluding carboxylic acids is 1. The molecule has 3 aromatic rings. The van der Waals surface area contributed by atoms with E-state index in [9.17, 15) is 4.79 Å². The molecule has 7 heteroatoms. The second kappa shape index (κ2) is 7.06. The maximum absolute atomic E-state index is 11.8. The van der Waals surface area contributed by atoms with Crippen LogP contribution in [0.2, 0.25) is 5.02 Å². The first-order valence-corrected chi connectivity index (χ1v) is 7.58. The smallest absolute Gasteiger partial charge is 0.254 e. The molecular weight excluding hydrogens is 326 g/mol. The van der Waals surface area contributed by atoms with Crippen LogP contribution in [0.4, 0.5) is 5.82 Å². The van der Waals surface area contributed by atoms with Crippen LogP contribution in [0.1, 0.15) is 27.3 Å². The first-order chi connectivity index (χ1) is 11.6. The molecule has 0 fully saturated rings. The van der Waals surface area contributed by atoms with Crippen molar-refractivity contribution < 1.29 is 4.79 Å². The zero-order valence-corrected chi connectivity index (χ0v) is 13.4. The fraction of sp³-hybridized carbons (Fsp3) is 0.0588. The van der Waals surface area contributed by atoms with Crippen molar-refractivity contribution in [2.24, 2.45) is 10.7 Å². The summed E-state index contributed by atoms with van der Waals surface area (Å²) >= 11 is 5.99. The minimum absolute atomic E-state index is 0.241. The lowest BCUT2D eigenvalue weighted by molar-refractivity contribution is 0.100. The van der Waals surface area contributed by atoms with Gasteiger partial charge in [0.25, 0.3) is 5.91 Å². The summed E-state index contributed by atoms with van der Waals surface area (Å²) in [6.07, 6.45) is 3.64. The average Bonchev–Trinajstić information content (AvgIpc) is 2.97. The van der Waals surface area contributed by atoms with Crippen molar-refractivity contribution in [3.8, 4) is 0 Å². The van der Waals surface area contributed by atoms with Gasteiger partial charge in [-0.05, 0) is 29.8 Å². The molecule has 0 atom stereocenters. The number of hydrogen-bond acceptors (Lipinski definition) is 4. The van der Waals surface area contributed by atoms with Crippen LogP contribution in [0.15, 0.2) is 53.7 Å². The van der Waals surface area contributed by atoms with Gasteiger partial charge in [0.1, 0.15) is 5.56 Å². The summed E-state index contributed by atoms with van der Waals surface area (Å²) < 4.78 is 0. The van der Waals surface area contributed by atoms with Gasteiger partial charge in [-0.25, -0.2) is 4.99 Å². The average molecular weight is 340 g/mol. The van der Waals surface area contributed by atoms with Gasteiger partial charge in [0, 0.05) is 17.6 Å². The number of nitrogens with two attached hydrogens (primary N) is 1. The van der Waals surface area contributed by atoms with Gasteiger partial charge in [-0.2, -0.15) is 5.10 Å². The summed E-state index contributed by atoms with van der Waals surface area (Å²) in [5.41, 5.74) is 7.96. The highest BCUT2D eigenvalue weighted by atomic mass is 35.5. The number of nitrogens with zero attached hydrogens (tertiary/aromatic N) is 3. The summed E-state index contributed by atoms with van der Waals surface area (Å²) in [6.45, 7) is 0. The first-order valence-electron chi connectivity index (χ1n) is 7.20. The molecule has 0 radical (unpaired) electrons. The molecule has 0 saturated carbocycles. The molecule has 1 aromatic carbocycles. The Morgan fingerprint density at radius 3 is 2.88 bits per heavy atom. The predicted octanol–water partition coefficient (Wildman–Crippen LogP) is 2.90. The van der Waals surface area contributed by atoms with Crippen LogP contribution in [0.5, 0.6) is 0 Å². The normalized spacial score (nSPS) is 11.0. The Morgan fingerprint density at radius 1 is 1.29 bits per heavy atom. The third-order valence-electron chi connectivity index (χ3n) is 3.35. The number of pyridine rings is 1. The van der Waals surface area contributed by atoms with E-state index in [1.807, 2.05) is 30.3 Å². The van der Waals surface area contributed by atoms with E-state index < -0.39 is 5.91 Å². The number of carbonyl (C=O) groups is 1. The molecular formula is C17H14ClN5O. The van der Waals surface area contributed by atoms with E-state index in [1.165, 1.54) is 6.21 Å². The summed E-state index contributed by atoms with van der Waals surface area (Å²) in [6, 6.07) is 12.8. The highest BCUT2D eigenvalue weighted by Gasteiger charge is 2.18. The number of nitrogens with one attached hydrogen (secondary N) is 1. The van der Waals surface area contributed by atoms with E-state index >= 15 is 0 Å². The Bertz CT molecular complexity index is 889. The molecule has 0 aliphatic rings. The lowest BCUT2D eigenvalue weighted by Crippen LogP contribution is -2.13. The molecule has 24 heavy (non-hydrogen) atoms. The van der Waals surface area contributed by atoms with Gasteiger partial charge >= 0.3 is 0 Å². The van der Waals surface area contributed by atoms with Crippen LogP contribution in [-0.2, 0) is 6.42 Å². The number of halogens is 1. The van der Waals surface area contributed by atoms with E-state index in [4.69, 9.17) is 17.3 Å². The number of H-pyrrole nitrogens is 1. The number of benzene rings is 1. The number of primary amides is 1. The quantitative estimate of drug-likeness (QED) is 0.699. The second-order valence-corrected chi connectivity index (χ2v) is 5.52. The number of rotatable bonds is 5. The summed E-state index contributed by atoms with van der Waals surface area (Å²) in [4.78, 5) is 20.2. The summed E-state index contributed by atoms with van der Waals surface area (Å²) in [7, 11) is 0. The lowest BCUT2D eigenvalue weighted by atomic mass is 10.1. The maximum Gasteiger partial charge on any atom is 0.254 e. The van der Waals surface area contributed by atoms with Crippen molar-refractivity contribution in [3.63, 3.8) is 0 Å². The maximum atomic E-state index is 11.8. The van der Waals surface area contributed by atoms with Gasteiger partial charge in [-0.3, -0.25) is 14.9 Å². The highest BCUT2D eigenvalue weighted by Crippen LogP contribution is 2.22. The molecule has 2 heterocycles. The highest BCUT2D eigenvalue weighted by molar-refractivity contribution is 6.30. The number of aliphatic imine (C=N–C) groups is 1. The molecule has 2 aromatic heterocycles. The van der Waals surface area contributed by atoms with Gasteiger partial charge in [0.2, 0.25) is 0 Å². The van der Waals surface area contributed by atoms with E-state index in [2.05, 4.69) is 20.2 Å². The SMILES string of the molecule is NC(=O)c1c(N=Cc2ccccn2)n[nH]c1Cc1cccc(Cl)c1. The molecule has 0 aliphatic heterocycles. The minimum atomic E-state index is -0.589. The monoisotopic (exact) mass is 339 g/mol. The largest absolute Gasteiger partial charge is 0.365 e. The van der Waals surface area contributed by atoms with Crippen molar-refractivity contribution in [2.75, 3.05) is 0 Å². The van der Waals surface area contributed by atoms with Crippen molar-refractivity contribution in [2.45, 2.75) is 6.42 Å². The molecule has 0 aliphatic carbocycles. The summed E-state index contributed by atoms with van der Waals surface area (Å²) in [5, 5.41) is 7.54. The molecule has 0 spiro atoms. The van der Waals surface area contributed by atoms with Crippen LogP contribution in [0, 0.1) is 0 Å². The zero-order valence-electron chi connectivity index (χ0n) is 12.6. The Kier molecular flexibility index (Phi) is 4.67. The van der Waals surface area contributed by atoms with E-state index in [-0.39, 0.29) is 11.4 Å². The third-order valence-corrected chi connectivity index (χ3v) is 3.58. The van der Waals surface area contributed by atoms with Gasteiger partial charge in [-0.1, -0.05) is 29.8 Å². The fourth-order valence-corrected chi connectivity index (χ4v) is 2.49. The molecule has 1 amide bonds. The Morgan fingerprint density at radius 2 is 2.17 bits per heavy atom. The van der Waals surface area contributed by atoms with Crippen LogP contribution in [0.3, 0.4) is 0 Å². The van der Waals surface area contributed by atoms with Gasteiger partial charge in [0.05, 0.1) is 17.6 Å². The topological polar surface area (TPSA) is 97.0 Å². The number of amides is 1. The second-order valence-electron chi connectivity index (χ2n) is 5.08. The molecule has 6 nitrogen and oxygen atoms in total. The van der Waals surface area contributed by atoms with Crippen molar-refractivity contribution in [1.82, 2.24) is 15.2 Å². The predicted molar refractivity (Wildman–Crippen MR) is 92.9 cm³/mol. The Labute approximate surface area is 143 Å². The van der Waals surface area contributed by atoms with Crippen molar-refractivity contribution in [1.29, 1.82) is 0 Å². The van der Waals surface area contributed by atoms with Crippen molar-refractivity contribution >= 4 is 29.5 Å².